The minimum Gasteiger partial charge on any atom is -0.368 e. The minimum absolute atomic E-state index is 0.135. The molecule has 26 heavy (non-hydrogen) atoms. The van der Waals surface area contributed by atoms with Gasteiger partial charge in [-0.05, 0) is 28.8 Å². The summed E-state index contributed by atoms with van der Waals surface area (Å²) in [6.45, 7) is 1.68. The van der Waals surface area contributed by atoms with E-state index in [1.807, 2.05) is 0 Å². The molecule has 1 saturated heterocycles. The van der Waals surface area contributed by atoms with Gasteiger partial charge in [-0.3, -0.25) is 9.78 Å². The molecule has 1 aliphatic heterocycles. The quantitative estimate of drug-likeness (QED) is 0.604. The number of hydrogen-bond donors (Lipinski definition) is 3. The van der Waals surface area contributed by atoms with Gasteiger partial charge in [-0.2, -0.15) is 0 Å². The number of carbonyl (C=O) groups is 1. The molecule has 0 radical (unpaired) electrons. The molecule has 1 fully saturated rings. The number of nitrogens with one attached hydrogen (secondary N) is 2. The van der Waals surface area contributed by atoms with Crippen LogP contribution < -0.4 is 16.0 Å². The number of aromatic nitrogens is 4. The zero-order valence-electron chi connectivity index (χ0n) is 13.9. The molecule has 0 bridgehead atoms. The first-order valence-electron chi connectivity index (χ1n) is 8.37. The lowest BCUT2D eigenvalue weighted by molar-refractivity contribution is 0.102. The monoisotopic (exact) mass is 415 g/mol. The van der Waals surface area contributed by atoms with Crippen LogP contribution in [0.15, 0.2) is 35.5 Å². The zero-order chi connectivity index (χ0) is 18.1. The van der Waals surface area contributed by atoms with E-state index in [4.69, 9.17) is 5.73 Å². The van der Waals surface area contributed by atoms with E-state index in [0.717, 1.165) is 41.5 Å². The number of fused-ring (bicyclic) bond motifs is 1. The maximum atomic E-state index is 12.5. The van der Waals surface area contributed by atoms with E-state index in [1.54, 1.807) is 12.4 Å². The smallest absolute Gasteiger partial charge is 0.275 e. The molecule has 1 atom stereocenters. The normalized spacial score (nSPS) is 17.5. The summed E-state index contributed by atoms with van der Waals surface area (Å²) in [6, 6.07) is 0.135. The summed E-state index contributed by atoms with van der Waals surface area (Å²) in [6.07, 6.45) is 10.0. The summed E-state index contributed by atoms with van der Waals surface area (Å²) in [4.78, 5) is 30.2. The van der Waals surface area contributed by atoms with Gasteiger partial charge < -0.3 is 20.9 Å². The van der Waals surface area contributed by atoms with Crippen LogP contribution in [0.3, 0.4) is 0 Å². The molecule has 4 rings (SSSR count). The highest BCUT2D eigenvalue weighted by Crippen LogP contribution is 2.38. The molecule has 8 nitrogen and oxygen atoms in total. The predicted molar refractivity (Wildman–Crippen MR) is 103 cm³/mol. The van der Waals surface area contributed by atoms with Crippen molar-refractivity contribution in [1.82, 2.24) is 19.9 Å². The maximum Gasteiger partial charge on any atom is 0.275 e. The third-order valence-corrected chi connectivity index (χ3v) is 5.03. The van der Waals surface area contributed by atoms with Gasteiger partial charge in [0.15, 0.2) is 0 Å². The molecule has 4 N–H and O–H groups in total. The summed E-state index contributed by atoms with van der Waals surface area (Å²) < 4.78 is 0.869. The molecule has 3 aromatic heterocycles. The van der Waals surface area contributed by atoms with Crippen LogP contribution in [-0.4, -0.2) is 45.0 Å². The van der Waals surface area contributed by atoms with Crippen LogP contribution in [0.2, 0.25) is 0 Å². The number of amides is 1. The standard InChI is InChI=1S/C17H18BrN7O/c18-11-6-22-16-14(15(11)25-5-1-2-10(19)9-25)12(8-23-16)24-17(26)13-7-20-3-4-21-13/h3-4,6-8,10H,1-2,5,9,19H2,(H,22,23)(H,24,26). The SMILES string of the molecule is NC1CCCN(c2c(Br)cnc3[nH]cc(NC(=O)c4cnccn4)c23)C1. The Labute approximate surface area is 158 Å². The van der Waals surface area contributed by atoms with E-state index in [-0.39, 0.29) is 17.6 Å². The van der Waals surface area contributed by atoms with Gasteiger partial charge in [-0.25, -0.2) is 9.97 Å². The summed E-state index contributed by atoms with van der Waals surface area (Å²) in [7, 11) is 0. The Kier molecular flexibility index (Phi) is 4.56. The van der Waals surface area contributed by atoms with Gasteiger partial charge in [0.2, 0.25) is 0 Å². The first-order chi connectivity index (χ1) is 12.6. The average Bonchev–Trinajstić information content (AvgIpc) is 3.05. The Balaban J connectivity index is 1.74. The molecular weight excluding hydrogens is 398 g/mol. The Morgan fingerprint density at radius 3 is 3.00 bits per heavy atom. The molecule has 134 valence electrons. The second kappa shape index (κ2) is 7.00. The van der Waals surface area contributed by atoms with Crippen LogP contribution in [0.5, 0.6) is 0 Å². The Morgan fingerprint density at radius 2 is 2.23 bits per heavy atom. The van der Waals surface area contributed by atoms with E-state index in [2.05, 4.69) is 46.1 Å². The lowest BCUT2D eigenvalue weighted by atomic mass is 10.1. The van der Waals surface area contributed by atoms with Crippen molar-refractivity contribution in [3.8, 4) is 0 Å². The van der Waals surface area contributed by atoms with Gasteiger partial charge in [0.1, 0.15) is 11.3 Å². The minimum atomic E-state index is -0.319. The number of piperidine rings is 1. The number of nitrogens with zero attached hydrogens (tertiary/aromatic N) is 4. The van der Waals surface area contributed by atoms with Crippen LogP contribution >= 0.6 is 15.9 Å². The molecule has 0 spiro atoms. The number of nitrogens with two attached hydrogens (primary N) is 1. The first-order valence-corrected chi connectivity index (χ1v) is 9.16. The van der Waals surface area contributed by atoms with Crippen molar-refractivity contribution in [2.24, 2.45) is 5.73 Å². The number of carbonyl (C=O) groups excluding carboxylic acids is 1. The molecule has 9 heteroatoms. The van der Waals surface area contributed by atoms with Crippen LogP contribution in [0.25, 0.3) is 11.0 Å². The molecule has 1 aliphatic rings. The molecule has 3 aromatic rings. The first kappa shape index (κ1) is 16.9. The number of pyridine rings is 1. The average molecular weight is 416 g/mol. The van der Waals surface area contributed by atoms with E-state index in [1.165, 1.54) is 18.6 Å². The lowest BCUT2D eigenvalue weighted by Crippen LogP contribution is -2.43. The Hall–Kier alpha value is -2.52. The van der Waals surface area contributed by atoms with Gasteiger partial charge >= 0.3 is 0 Å². The highest BCUT2D eigenvalue weighted by molar-refractivity contribution is 9.10. The van der Waals surface area contributed by atoms with Gasteiger partial charge in [-0.15, -0.1) is 0 Å². The highest BCUT2D eigenvalue weighted by atomic mass is 79.9. The molecule has 0 aliphatic carbocycles. The Morgan fingerprint density at radius 1 is 1.35 bits per heavy atom. The molecule has 4 heterocycles. The van der Waals surface area contributed by atoms with Gasteiger partial charge in [-0.1, -0.05) is 0 Å². The fraction of sp³-hybridized carbons (Fsp3) is 0.294. The third kappa shape index (κ3) is 3.15. The number of halogens is 1. The molecule has 1 amide bonds. The van der Waals surface area contributed by atoms with Crippen LogP contribution in [0.1, 0.15) is 23.3 Å². The van der Waals surface area contributed by atoms with Crippen LogP contribution in [0, 0.1) is 0 Å². The Bertz CT molecular complexity index is 943. The zero-order valence-corrected chi connectivity index (χ0v) is 15.5. The summed E-state index contributed by atoms with van der Waals surface area (Å²) in [5.74, 6) is -0.319. The number of anilines is 2. The van der Waals surface area contributed by atoms with Crippen molar-refractivity contribution >= 4 is 44.2 Å². The van der Waals surface area contributed by atoms with Crippen LogP contribution in [0.4, 0.5) is 11.4 Å². The summed E-state index contributed by atoms with van der Waals surface area (Å²) in [5, 5.41) is 3.76. The number of aromatic amines is 1. The van der Waals surface area contributed by atoms with Crippen molar-refractivity contribution in [1.29, 1.82) is 0 Å². The number of hydrogen-bond acceptors (Lipinski definition) is 6. The van der Waals surface area contributed by atoms with E-state index in [0.29, 0.717) is 11.3 Å². The van der Waals surface area contributed by atoms with E-state index < -0.39 is 0 Å². The van der Waals surface area contributed by atoms with Crippen LogP contribution in [-0.2, 0) is 0 Å². The van der Waals surface area contributed by atoms with Crippen molar-refractivity contribution in [2.75, 3.05) is 23.3 Å². The van der Waals surface area contributed by atoms with E-state index >= 15 is 0 Å². The molecule has 1 unspecified atom stereocenters. The molecular formula is C17H18BrN7O. The fourth-order valence-electron chi connectivity index (χ4n) is 3.28. The number of H-pyrrole nitrogens is 1. The van der Waals surface area contributed by atoms with Crippen molar-refractivity contribution in [2.45, 2.75) is 18.9 Å². The van der Waals surface area contributed by atoms with Crippen molar-refractivity contribution < 1.29 is 4.79 Å². The molecule has 0 aromatic carbocycles. The van der Waals surface area contributed by atoms with Crippen molar-refractivity contribution in [3.63, 3.8) is 0 Å². The lowest BCUT2D eigenvalue weighted by Gasteiger charge is -2.33. The maximum absolute atomic E-state index is 12.5. The molecule has 0 saturated carbocycles. The summed E-state index contributed by atoms with van der Waals surface area (Å²) >= 11 is 3.61. The predicted octanol–water partition coefficient (Wildman–Crippen LogP) is 2.30. The largest absolute Gasteiger partial charge is 0.368 e. The van der Waals surface area contributed by atoms with Gasteiger partial charge in [0.05, 0.1) is 27.4 Å². The second-order valence-electron chi connectivity index (χ2n) is 6.27. The fourth-order valence-corrected chi connectivity index (χ4v) is 3.83. The third-order valence-electron chi connectivity index (χ3n) is 4.45. The summed E-state index contributed by atoms with van der Waals surface area (Å²) in [5.41, 5.74) is 8.76. The second-order valence-corrected chi connectivity index (χ2v) is 7.13. The van der Waals surface area contributed by atoms with E-state index in [9.17, 15) is 4.79 Å². The number of rotatable bonds is 3. The van der Waals surface area contributed by atoms with Gasteiger partial charge in [0.25, 0.3) is 5.91 Å². The van der Waals surface area contributed by atoms with Gasteiger partial charge in [0, 0.05) is 43.9 Å². The van der Waals surface area contributed by atoms with Crippen molar-refractivity contribution in [3.05, 3.63) is 41.2 Å². The highest BCUT2D eigenvalue weighted by Gasteiger charge is 2.24. The topological polar surface area (TPSA) is 113 Å².